The monoisotopic (exact) mass is 352 g/mol. The van der Waals surface area contributed by atoms with E-state index >= 15 is 0 Å². The van der Waals surface area contributed by atoms with Gasteiger partial charge in [0, 0.05) is 18.0 Å². The standard InChI is InChI=1S/C18H20N6O2/c1-2-13-12(19)8-14(26-13)24-10-22-15-16(20-9-21-17(15)24)23-18(25)11-6-4-3-5-7-11/h3-7,9-10,12-14H,2,8,19H2,1H3,(H,20,21,23,25). The van der Waals surface area contributed by atoms with E-state index in [0.29, 0.717) is 29.0 Å². The average molecular weight is 352 g/mol. The Labute approximate surface area is 150 Å². The first kappa shape index (κ1) is 16.6. The predicted molar refractivity (Wildman–Crippen MR) is 96.5 cm³/mol. The third-order valence-corrected chi connectivity index (χ3v) is 4.62. The number of benzene rings is 1. The molecular weight excluding hydrogens is 332 g/mol. The molecule has 3 heterocycles. The maximum atomic E-state index is 12.4. The summed E-state index contributed by atoms with van der Waals surface area (Å²) in [5.74, 6) is 0.127. The van der Waals surface area contributed by atoms with Crippen molar-refractivity contribution in [2.75, 3.05) is 5.32 Å². The van der Waals surface area contributed by atoms with E-state index in [1.54, 1.807) is 18.5 Å². The molecule has 0 bridgehead atoms. The molecule has 1 fully saturated rings. The number of carbonyl (C=O) groups is 1. The lowest BCUT2D eigenvalue weighted by molar-refractivity contribution is 0.000664. The van der Waals surface area contributed by atoms with Crippen molar-refractivity contribution in [3.05, 3.63) is 48.5 Å². The van der Waals surface area contributed by atoms with Crippen LogP contribution in [0.3, 0.4) is 0 Å². The number of aromatic nitrogens is 4. The number of imidazole rings is 1. The van der Waals surface area contributed by atoms with E-state index in [0.717, 1.165) is 6.42 Å². The highest BCUT2D eigenvalue weighted by molar-refractivity contribution is 6.06. The third kappa shape index (κ3) is 2.93. The maximum Gasteiger partial charge on any atom is 0.256 e. The van der Waals surface area contributed by atoms with Gasteiger partial charge >= 0.3 is 0 Å². The summed E-state index contributed by atoms with van der Waals surface area (Å²) in [4.78, 5) is 25.3. The normalized spacial score (nSPS) is 22.6. The van der Waals surface area contributed by atoms with Gasteiger partial charge in [-0.1, -0.05) is 25.1 Å². The van der Waals surface area contributed by atoms with Crippen molar-refractivity contribution in [3.8, 4) is 0 Å². The van der Waals surface area contributed by atoms with Gasteiger partial charge < -0.3 is 15.8 Å². The average Bonchev–Trinajstić information content (AvgIpc) is 3.26. The molecule has 1 aliphatic rings. The van der Waals surface area contributed by atoms with Gasteiger partial charge in [-0.2, -0.15) is 0 Å². The van der Waals surface area contributed by atoms with Crippen molar-refractivity contribution in [1.82, 2.24) is 19.5 Å². The van der Waals surface area contributed by atoms with Crippen LogP contribution in [0.25, 0.3) is 11.2 Å². The number of rotatable bonds is 4. The lowest BCUT2D eigenvalue weighted by atomic mass is 10.1. The first-order valence-electron chi connectivity index (χ1n) is 8.62. The number of nitrogens with zero attached hydrogens (tertiary/aromatic N) is 4. The molecule has 3 N–H and O–H groups in total. The predicted octanol–water partition coefficient (Wildman–Crippen LogP) is 2.10. The van der Waals surface area contributed by atoms with Gasteiger partial charge in [-0.15, -0.1) is 0 Å². The van der Waals surface area contributed by atoms with Crippen LogP contribution >= 0.6 is 0 Å². The molecule has 3 aromatic rings. The second kappa shape index (κ2) is 6.81. The van der Waals surface area contributed by atoms with Crippen LogP contribution in [-0.2, 0) is 4.74 Å². The summed E-state index contributed by atoms with van der Waals surface area (Å²) in [6, 6.07) is 8.95. The van der Waals surface area contributed by atoms with Crippen LogP contribution in [0.4, 0.5) is 5.82 Å². The van der Waals surface area contributed by atoms with Gasteiger partial charge in [0.25, 0.3) is 5.91 Å². The topological polar surface area (TPSA) is 108 Å². The number of amides is 1. The Morgan fingerprint density at radius 3 is 2.85 bits per heavy atom. The molecule has 0 spiro atoms. The fourth-order valence-corrected chi connectivity index (χ4v) is 3.24. The van der Waals surface area contributed by atoms with Gasteiger partial charge in [0.1, 0.15) is 12.6 Å². The number of carbonyl (C=O) groups excluding carboxylic acids is 1. The number of hydrogen-bond donors (Lipinski definition) is 2. The van der Waals surface area contributed by atoms with Crippen LogP contribution in [0.5, 0.6) is 0 Å². The molecule has 0 radical (unpaired) electrons. The van der Waals surface area contributed by atoms with Crippen LogP contribution in [0.2, 0.25) is 0 Å². The van der Waals surface area contributed by atoms with Crippen LogP contribution in [0.15, 0.2) is 43.0 Å². The maximum absolute atomic E-state index is 12.4. The van der Waals surface area contributed by atoms with Gasteiger partial charge in [0.2, 0.25) is 0 Å². The molecule has 1 aliphatic heterocycles. The number of fused-ring (bicyclic) bond motifs is 1. The Morgan fingerprint density at radius 1 is 1.31 bits per heavy atom. The molecular formula is C18H20N6O2. The van der Waals surface area contributed by atoms with E-state index in [-0.39, 0.29) is 24.3 Å². The summed E-state index contributed by atoms with van der Waals surface area (Å²) in [6.45, 7) is 2.05. The SMILES string of the molecule is CCC1OC(n2cnc3c(NC(=O)c4ccccc4)ncnc32)CC1N. The molecule has 1 saturated heterocycles. The van der Waals surface area contributed by atoms with Gasteiger partial charge in [0.05, 0.1) is 12.4 Å². The number of anilines is 1. The highest BCUT2D eigenvalue weighted by Gasteiger charge is 2.33. The zero-order valence-corrected chi connectivity index (χ0v) is 14.4. The molecule has 3 atom stereocenters. The minimum atomic E-state index is -0.245. The molecule has 8 heteroatoms. The van der Waals surface area contributed by atoms with E-state index in [9.17, 15) is 4.79 Å². The third-order valence-electron chi connectivity index (χ3n) is 4.62. The Bertz CT molecular complexity index is 926. The molecule has 26 heavy (non-hydrogen) atoms. The summed E-state index contributed by atoms with van der Waals surface area (Å²) in [6.07, 6.45) is 4.43. The Morgan fingerprint density at radius 2 is 2.12 bits per heavy atom. The molecule has 8 nitrogen and oxygen atoms in total. The molecule has 134 valence electrons. The van der Waals surface area contributed by atoms with E-state index in [1.807, 2.05) is 22.8 Å². The minimum absolute atomic E-state index is 0.0125. The summed E-state index contributed by atoms with van der Waals surface area (Å²) < 4.78 is 7.87. The first-order valence-corrected chi connectivity index (χ1v) is 8.62. The van der Waals surface area contributed by atoms with Crippen molar-refractivity contribution in [2.24, 2.45) is 5.73 Å². The lowest BCUT2D eigenvalue weighted by Crippen LogP contribution is -2.29. The molecule has 4 rings (SSSR count). The molecule has 1 amide bonds. The summed E-state index contributed by atoms with van der Waals surface area (Å²) in [7, 11) is 0. The largest absolute Gasteiger partial charge is 0.353 e. The van der Waals surface area contributed by atoms with Crippen LogP contribution in [0.1, 0.15) is 36.4 Å². The van der Waals surface area contributed by atoms with Crippen molar-refractivity contribution in [1.29, 1.82) is 0 Å². The van der Waals surface area contributed by atoms with Gasteiger partial charge in [-0.25, -0.2) is 15.0 Å². The zero-order chi connectivity index (χ0) is 18.1. The number of hydrogen-bond acceptors (Lipinski definition) is 6. The first-order chi connectivity index (χ1) is 12.7. The highest BCUT2D eigenvalue weighted by Crippen LogP contribution is 2.31. The van der Waals surface area contributed by atoms with Crippen LogP contribution in [0, 0.1) is 0 Å². The second-order valence-corrected chi connectivity index (χ2v) is 6.30. The number of nitrogens with two attached hydrogens (primary N) is 1. The van der Waals surface area contributed by atoms with Gasteiger partial charge in [-0.05, 0) is 18.6 Å². The zero-order valence-electron chi connectivity index (χ0n) is 14.4. The minimum Gasteiger partial charge on any atom is -0.353 e. The van der Waals surface area contributed by atoms with Gasteiger partial charge in [-0.3, -0.25) is 9.36 Å². The van der Waals surface area contributed by atoms with E-state index < -0.39 is 0 Å². The molecule has 2 aromatic heterocycles. The van der Waals surface area contributed by atoms with Crippen LogP contribution in [-0.4, -0.2) is 37.6 Å². The van der Waals surface area contributed by atoms with E-state index in [4.69, 9.17) is 10.5 Å². The Kier molecular flexibility index (Phi) is 4.36. The van der Waals surface area contributed by atoms with E-state index in [1.165, 1.54) is 6.33 Å². The van der Waals surface area contributed by atoms with Crippen LogP contribution < -0.4 is 11.1 Å². The van der Waals surface area contributed by atoms with E-state index in [2.05, 4.69) is 27.2 Å². The molecule has 0 aliphatic carbocycles. The van der Waals surface area contributed by atoms with Gasteiger partial charge in [0.15, 0.2) is 17.0 Å². The summed E-state index contributed by atoms with van der Waals surface area (Å²) in [5.41, 5.74) is 7.82. The lowest BCUT2D eigenvalue weighted by Gasteiger charge is -2.14. The van der Waals surface area contributed by atoms with Crippen molar-refractivity contribution in [3.63, 3.8) is 0 Å². The smallest absolute Gasteiger partial charge is 0.256 e. The summed E-state index contributed by atoms with van der Waals surface area (Å²) in [5, 5.41) is 2.80. The molecule has 3 unspecified atom stereocenters. The van der Waals surface area contributed by atoms with Crippen molar-refractivity contribution < 1.29 is 9.53 Å². The fraction of sp³-hybridized carbons (Fsp3) is 0.333. The fourth-order valence-electron chi connectivity index (χ4n) is 3.24. The molecule has 0 saturated carbocycles. The number of ether oxygens (including phenoxy) is 1. The second-order valence-electron chi connectivity index (χ2n) is 6.30. The Hall–Kier alpha value is -2.84. The Balaban J connectivity index is 1.63. The molecule has 1 aromatic carbocycles. The van der Waals surface area contributed by atoms with Crippen molar-refractivity contribution >= 4 is 22.9 Å². The summed E-state index contributed by atoms with van der Waals surface area (Å²) >= 11 is 0. The quantitative estimate of drug-likeness (QED) is 0.744. The number of nitrogens with one attached hydrogen (secondary N) is 1. The highest BCUT2D eigenvalue weighted by atomic mass is 16.5. The van der Waals surface area contributed by atoms with Crippen molar-refractivity contribution in [2.45, 2.75) is 38.1 Å².